The summed E-state index contributed by atoms with van der Waals surface area (Å²) in [5.74, 6) is 1.16. The Bertz CT molecular complexity index is 1290. The molecule has 3 aromatic rings. The number of rotatable bonds is 5. The third-order valence-electron chi connectivity index (χ3n) is 8.00. The number of nitrogens with zero attached hydrogens (tertiary/aromatic N) is 4. The second-order valence-corrected chi connectivity index (χ2v) is 11.4. The molecule has 1 amide bonds. The van der Waals surface area contributed by atoms with Crippen LogP contribution >= 0.6 is 0 Å². The summed E-state index contributed by atoms with van der Waals surface area (Å²) >= 11 is 0. The summed E-state index contributed by atoms with van der Waals surface area (Å²) in [7, 11) is -1.09. The van der Waals surface area contributed by atoms with Crippen molar-refractivity contribution in [1.82, 2.24) is 14.5 Å². The zero-order chi connectivity index (χ0) is 24.2. The predicted octanol–water partition coefficient (Wildman–Crippen LogP) is 5.01. The van der Waals surface area contributed by atoms with Crippen LogP contribution in [0.2, 0.25) is 0 Å². The van der Waals surface area contributed by atoms with Gasteiger partial charge in [0.05, 0.1) is 5.69 Å². The van der Waals surface area contributed by atoms with Crippen LogP contribution < -0.4 is 4.90 Å². The Morgan fingerprint density at radius 2 is 1.86 bits per heavy atom. The van der Waals surface area contributed by atoms with Crippen molar-refractivity contribution in [3.8, 4) is 11.1 Å². The predicted molar refractivity (Wildman–Crippen MR) is 134 cm³/mol. The molecule has 6 rings (SSSR count). The molecule has 182 valence electrons. The van der Waals surface area contributed by atoms with E-state index in [1.807, 2.05) is 24.3 Å². The number of carbonyl (C=O) groups is 1. The fourth-order valence-corrected chi connectivity index (χ4v) is 6.40. The lowest BCUT2D eigenvalue weighted by Gasteiger charge is -2.45. The van der Waals surface area contributed by atoms with Gasteiger partial charge in [0.15, 0.2) is 0 Å². The Morgan fingerprint density at radius 1 is 1.11 bits per heavy atom. The van der Waals surface area contributed by atoms with E-state index in [1.54, 1.807) is 34.2 Å². The number of aromatic nitrogens is 2. The van der Waals surface area contributed by atoms with Crippen LogP contribution in [0.3, 0.4) is 0 Å². The molecule has 35 heavy (non-hydrogen) atoms. The van der Waals surface area contributed by atoms with Crippen LogP contribution in [-0.2, 0) is 16.3 Å². The summed E-state index contributed by atoms with van der Waals surface area (Å²) in [5.41, 5.74) is 1.57. The maximum atomic E-state index is 14.7. The molecule has 1 aromatic heterocycles. The first-order chi connectivity index (χ1) is 17.0. The molecule has 3 heterocycles. The standard InChI is InChI=1S/C27H29FN4O2S/c1-35(34)22-8-5-20(6-9-22)23-10-7-21(28)17-24(23)32-26(33)31-16-13-29-25(31)27(32)11-14-30(15-12-27)18-19-3-2-4-19/h5-10,13,16-17,19H,2-4,11-12,14-15,18H2,1H3. The molecular weight excluding hydrogens is 463 g/mol. The van der Waals surface area contributed by atoms with Gasteiger partial charge in [-0.25, -0.2) is 14.2 Å². The highest BCUT2D eigenvalue weighted by molar-refractivity contribution is 7.84. The minimum absolute atomic E-state index is 0.192. The summed E-state index contributed by atoms with van der Waals surface area (Å²) < 4.78 is 28.2. The zero-order valence-corrected chi connectivity index (χ0v) is 20.6. The number of anilines is 1. The molecule has 2 fully saturated rings. The number of imidazole rings is 1. The van der Waals surface area contributed by atoms with E-state index in [9.17, 15) is 13.4 Å². The first kappa shape index (κ1) is 22.6. The van der Waals surface area contributed by atoms with Crippen LogP contribution in [0.25, 0.3) is 11.1 Å². The summed E-state index contributed by atoms with van der Waals surface area (Å²) in [4.78, 5) is 23.4. The van der Waals surface area contributed by atoms with E-state index in [0.29, 0.717) is 5.69 Å². The second-order valence-electron chi connectivity index (χ2n) is 10.0. The van der Waals surface area contributed by atoms with Crippen LogP contribution in [0.5, 0.6) is 0 Å². The van der Waals surface area contributed by atoms with Crippen molar-refractivity contribution in [2.45, 2.75) is 42.5 Å². The monoisotopic (exact) mass is 492 g/mol. The Balaban J connectivity index is 1.40. The molecule has 0 N–H and O–H groups in total. The molecular formula is C27H29FN4O2S. The fraction of sp³-hybridized carbons (Fsp3) is 0.407. The molecule has 1 saturated carbocycles. The lowest BCUT2D eigenvalue weighted by Crippen LogP contribution is -2.53. The van der Waals surface area contributed by atoms with E-state index in [2.05, 4.69) is 9.88 Å². The molecule has 2 aliphatic heterocycles. The van der Waals surface area contributed by atoms with Crippen molar-refractivity contribution in [2.24, 2.45) is 5.92 Å². The number of piperidine rings is 1. The Hall–Kier alpha value is -2.84. The molecule has 3 aliphatic rings. The number of benzene rings is 2. The van der Waals surface area contributed by atoms with Crippen molar-refractivity contribution in [3.63, 3.8) is 0 Å². The quantitative estimate of drug-likeness (QED) is 0.503. The summed E-state index contributed by atoms with van der Waals surface area (Å²) in [6.45, 7) is 2.89. The fourth-order valence-electron chi connectivity index (χ4n) is 5.88. The SMILES string of the molecule is CS(=O)c1ccc(-c2ccc(F)cc2N2C(=O)n3ccnc3C23CCN(CC2CCC2)CC3)cc1. The number of hydrogen-bond donors (Lipinski definition) is 0. The average molecular weight is 493 g/mol. The van der Waals surface area contributed by atoms with Gasteiger partial charge in [0.1, 0.15) is 17.2 Å². The number of fused-ring (bicyclic) bond motifs is 2. The van der Waals surface area contributed by atoms with Crippen molar-refractivity contribution in [2.75, 3.05) is 30.8 Å². The maximum Gasteiger partial charge on any atom is 0.335 e. The number of halogens is 1. The molecule has 2 aromatic carbocycles. The van der Waals surface area contributed by atoms with Crippen LogP contribution in [0.15, 0.2) is 59.8 Å². The highest BCUT2D eigenvalue weighted by atomic mass is 32.2. The lowest BCUT2D eigenvalue weighted by molar-refractivity contribution is 0.117. The van der Waals surface area contributed by atoms with Gasteiger partial charge in [-0.15, -0.1) is 0 Å². The van der Waals surface area contributed by atoms with Crippen LogP contribution in [-0.4, -0.2) is 50.6 Å². The normalized spacial score (nSPS) is 20.7. The number of hydrogen-bond acceptors (Lipinski definition) is 4. The van der Waals surface area contributed by atoms with E-state index in [4.69, 9.17) is 0 Å². The number of amides is 1. The topological polar surface area (TPSA) is 58.4 Å². The first-order valence-electron chi connectivity index (χ1n) is 12.3. The van der Waals surface area contributed by atoms with Gasteiger partial charge in [0.2, 0.25) is 0 Å². The van der Waals surface area contributed by atoms with Crippen LogP contribution in [0, 0.1) is 11.7 Å². The molecule has 8 heteroatoms. The minimum Gasteiger partial charge on any atom is -0.303 e. The van der Waals surface area contributed by atoms with E-state index < -0.39 is 16.3 Å². The molecule has 0 radical (unpaired) electrons. The van der Waals surface area contributed by atoms with Gasteiger partial charge < -0.3 is 4.90 Å². The largest absolute Gasteiger partial charge is 0.335 e. The Labute approximate surface area is 207 Å². The van der Waals surface area contributed by atoms with Gasteiger partial charge in [-0.1, -0.05) is 18.6 Å². The summed E-state index contributed by atoms with van der Waals surface area (Å²) in [6.07, 6.45) is 10.5. The average Bonchev–Trinajstić information content (AvgIpc) is 3.40. The molecule has 1 unspecified atom stereocenters. The molecule has 1 aliphatic carbocycles. The van der Waals surface area contributed by atoms with Gasteiger partial charge in [-0.3, -0.25) is 13.7 Å². The smallest absolute Gasteiger partial charge is 0.303 e. The third-order valence-corrected chi connectivity index (χ3v) is 8.94. The molecule has 1 saturated heterocycles. The van der Waals surface area contributed by atoms with Crippen molar-refractivity contribution in [1.29, 1.82) is 0 Å². The lowest BCUT2D eigenvalue weighted by atomic mass is 9.82. The summed E-state index contributed by atoms with van der Waals surface area (Å²) in [6, 6.07) is 11.9. The van der Waals surface area contributed by atoms with Crippen molar-refractivity contribution >= 4 is 22.5 Å². The van der Waals surface area contributed by atoms with Gasteiger partial charge in [0, 0.05) is 59.5 Å². The molecule has 6 nitrogen and oxygen atoms in total. The van der Waals surface area contributed by atoms with E-state index in [0.717, 1.165) is 60.2 Å². The van der Waals surface area contributed by atoms with Crippen molar-refractivity contribution in [3.05, 3.63) is 66.5 Å². The van der Waals surface area contributed by atoms with E-state index in [-0.39, 0.29) is 11.8 Å². The second kappa shape index (κ2) is 8.68. The highest BCUT2D eigenvalue weighted by Crippen LogP contribution is 2.48. The highest BCUT2D eigenvalue weighted by Gasteiger charge is 2.54. The van der Waals surface area contributed by atoms with E-state index in [1.165, 1.54) is 31.4 Å². The van der Waals surface area contributed by atoms with Crippen LogP contribution in [0.1, 0.15) is 37.9 Å². The molecule has 0 bridgehead atoms. The number of likely N-dealkylation sites (tertiary alicyclic amines) is 1. The van der Waals surface area contributed by atoms with Gasteiger partial charge in [-0.2, -0.15) is 0 Å². The molecule has 1 atom stereocenters. The van der Waals surface area contributed by atoms with Gasteiger partial charge in [0.25, 0.3) is 0 Å². The van der Waals surface area contributed by atoms with Crippen molar-refractivity contribution < 1.29 is 13.4 Å². The summed E-state index contributed by atoms with van der Waals surface area (Å²) in [5, 5.41) is 0. The first-order valence-corrected chi connectivity index (χ1v) is 13.9. The Kier molecular flexibility index (Phi) is 5.60. The van der Waals surface area contributed by atoms with Gasteiger partial charge in [-0.05, 0) is 67.5 Å². The molecule has 1 spiro atoms. The maximum absolute atomic E-state index is 14.7. The van der Waals surface area contributed by atoms with E-state index >= 15 is 0 Å². The number of carbonyl (C=O) groups excluding carboxylic acids is 1. The van der Waals surface area contributed by atoms with Crippen LogP contribution in [0.4, 0.5) is 14.9 Å². The third kappa shape index (κ3) is 3.74. The minimum atomic E-state index is -1.09. The zero-order valence-electron chi connectivity index (χ0n) is 19.8. The Morgan fingerprint density at radius 3 is 2.51 bits per heavy atom. The van der Waals surface area contributed by atoms with Gasteiger partial charge >= 0.3 is 6.03 Å².